The summed E-state index contributed by atoms with van der Waals surface area (Å²) < 4.78 is 0. The molecule has 1 fully saturated rings. The highest BCUT2D eigenvalue weighted by atomic mass is 35.5. The van der Waals surface area contributed by atoms with Crippen molar-refractivity contribution in [3.05, 3.63) is 33.8 Å². The number of carbonyl (C=O) groups is 1. The van der Waals surface area contributed by atoms with Crippen molar-refractivity contribution in [3.63, 3.8) is 0 Å². The number of rotatable bonds is 4. The van der Waals surface area contributed by atoms with Crippen LogP contribution in [-0.2, 0) is 11.2 Å². The van der Waals surface area contributed by atoms with Gasteiger partial charge in [-0.1, -0.05) is 49.2 Å². The van der Waals surface area contributed by atoms with Crippen LogP contribution in [0.1, 0.15) is 38.7 Å². The van der Waals surface area contributed by atoms with Crippen molar-refractivity contribution in [1.82, 2.24) is 5.32 Å². The van der Waals surface area contributed by atoms with Gasteiger partial charge in [0, 0.05) is 12.0 Å². The molecule has 0 spiro atoms. The van der Waals surface area contributed by atoms with Gasteiger partial charge in [-0.15, -0.1) is 0 Å². The molecular weight excluding hydrogens is 281 g/mol. The van der Waals surface area contributed by atoms with E-state index in [9.17, 15) is 4.79 Å². The summed E-state index contributed by atoms with van der Waals surface area (Å²) in [7, 11) is 0. The Morgan fingerprint density at radius 1 is 1.37 bits per heavy atom. The largest absolute Gasteiger partial charge is 0.350 e. The molecule has 1 aliphatic rings. The van der Waals surface area contributed by atoms with Gasteiger partial charge < -0.3 is 5.32 Å². The Hall–Kier alpha value is -0.730. The van der Waals surface area contributed by atoms with Gasteiger partial charge in [-0.3, -0.25) is 4.79 Å². The zero-order valence-corrected chi connectivity index (χ0v) is 12.8. The molecule has 2 nitrogen and oxygen atoms in total. The first-order valence-corrected chi connectivity index (χ1v) is 7.41. The van der Waals surface area contributed by atoms with Crippen molar-refractivity contribution < 1.29 is 4.79 Å². The molecule has 1 aromatic rings. The minimum atomic E-state index is -0.167. The minimum absolute atomic E-state index is 0.138. The molecule has 1 atom stereocenters. The summed E-state index contributed by atoms with van der Waals surface area (Å²) in [5.41, 5.74) is 0.844. The second-order valence-electron chi connectivity index (χ2n) is 5.82. The number of halogens is 2. The van der Waals surface area contributed by atoms with E-state index in [2.05, 4.69) is 19.2 Å². The first-order chi connectivity index (χ1) is 8.92. The van der Waals surface area contributed by atoms with Crippen molar-refractivity contribution >= 4 is 29.1 Å². The predicted molar refractivity (Wildman–Crippen MR) is 79.7 cm³/mol. The Labute approximate surface area is 124 Å². The average Bonchev–Trinajstić information content (AvgIpc) is 2.66. The summed E-state index contributed by atoms with van der Waals surface area (Å²) in [4.78, 5) is 11.6. The maximum atomic E-state index is 11.6. The highest BCUT2D eigenvalue weighted by Gasteiger charge is 2.38. The van der Waals surface area contributed by atoms with E-state index in [1.165, 1.54) is 0 Å². The Morgan fingerprint density at radius 2 is 2.11 bits per heavy atom. The van der Waals surface area contributed by atoms with E-state index in [4.69, 9.17) is 23.2 Å². The maximum Gasteiger partial charge on any atom is 0.220 e. The average molecular weight is 300 g/mol. The van der Waals surface area contributed by atoms with Crippen LogP contribution in [0.25, 0.3) is 0 Å². The van der Waals surface area contributed by atoms with Crippen molar-refractivity contribution in [2.45, 2.75) is 45.1 Å². The van der Waals surface area contributed by atoms with Crippen molar-refractivity contribution in [2.24, 2.45) is 5.92 Å². The molecule has 1 unspecified atom stereocenters. The van der Waals surface area contributed by atoms with Gasteiger partial charge in [0.25, 0.3) is 0 Å². The van der Waals surface area contributed by atoms with Gasteiger partial charge in [0.2, 0.25) is 5.91 Å². The normalized spacial score (nSPS) is 22.9. The number of carbonyl (C=O) groups excluding carboxylic acids is 1. The topological polar surface area (TPSA) is 29.1 Å². The lowest BCUT2D eigenvalue weighted by atomic mass is 9.82. The molecule has 1 aliphatic heterocycles. The van der Waals surface area contributed by atoms with E-state index in [0.29, 0.717) is 22.4 Å². The Morgan fingerprint density at radius 3 is 2.68 bits per heavy atom. The van der Waals surface area contributed by atoms with E-state index < -0.39 is 0 Å². The van der Waals surface area contributed by atoms with Crippen LogP contribution in [0.15, 0.2) is 18.2 Å². The van der Waals surface area contributed by atoms with Crippen LogP contribution in [0.3, 0.4) is 0 Å². The number of amides is 1. The van der Waals surface area contributed by atoms with E-state index in [1.54, 1.807) is 6.07 Å². The summed E-state index contributed by atoms with van der Waals surface area (Å²) >= 11 is 12.3. The third-order valence-electron chi connectivity index (χ3n) is 3.59. The van der Waals surface area contributed by atoms with Crippen molar-refractivity contribution in [2.75, 3.05) is 0 Å². The summed E-state index contributed by atoms with van der Waals surface area (Å²) in [6.45, 7) is 4.34. The summed E-state index contributed by atoms with van der Waals surface area (Å²) in [6.07, 6.45) is 3.18. The van der Waals surface area contributed by atoms with Gasteiger partial charge in [-0.05, 0) is 36.8 Å². The Bertz CT molecular complexity index is 487. The SMILES string of the molecule is CC(C)CC1(Cc2cccc(Cl)c2Cl)CCC(=O)N1. The molecule has 104 valence electrons. The molecule has 1 N–H and O–H groups in total. The van der Waals surface area contributed by atoms with E-state index >= 15 is 0 Å². The van der Waals surface area contributed by atoms with Crippen molar-refractivity contribution in [1.29, 1.82) is 0 Å². The number of benzene rings is 1. The molecule has 1 aromatic carbocycles. The molecule has 19 heavy (non-hydrogen) atoms. The smallest absolute Gasteiger partial charge is 0.220 e. The molecule has 1 amide bonds. The van der Waals surface area contributed by atoms with Gasteiger partial charge in [-0.25, -0.2) is 0 Å². The zero-order chi connectivity index (χ0) is 14.0. The molecule has 2 rings (SSSR count). The summed E-state index contributed by atoms with van der Waals surface area (Å²) in [5.74, 6) is 0.662. The fourth-order valence-corrected chi connectivity index (χ4v) is 3.35. The molecule has 0 bridgehead atoms. The third kappa shape index (κ3) is 3.43. The van der Waals surface area contributed by atoms with Gasteiger partial charge >= 0.3 is 0 Å². The van der Waals surface area contributed by atoms with Gasteiger partial charge in [-0.2, -0.15) is 0 Å². The molecular formula is C15H19Cl2NO. The molecule has 0 aliphatic carbocycles. The van der Waals surface area contributed by atoms with E-state index in [-0.39, 0.29) is 11.4 Å². The first-order valence-electron chi connectivity index (χ1n) is 6.66. The van der Waals surface area contributed by atoms with Crippen LogP contribution in [0.2, 0.25) is 10.0 Å². The number of hydrogen-bond acceptors (Lipinski definition) is 1. The zero-order valence-electron chi connectivity index (χ0n) is 11.3. The summed E-state index contributed by atoms with van der Waals surface area (Å²) in [5, 5.41) is 4.33. The van der Waals surface area contributed by atoms with Crippen molar-refractivity contribution in [3.8, 4) is 0 Å². The molecule has 1 heterocycles. The Balaban J connectivity index is 2.26. The monoisotopic (exact) mass is 299 g/mol. The van der Waals surface area contributed by atoms with Crippen LogP contribution in [0.4, 0.5) is 0 Å². The van der Waals surface area contributed by atoms with Crippen LogP contribution >= 0.6 is 23.2 Å². The maximum absolute atomic E-state index is 11.6. The van der Waals surface area contributed by atoms with Crippen LogP contribution in [0.5, 0.6) is 0 Å². The standard InChI is InChI=1S/C15H19Cl2NO/c1-10(2)8-15(7-6-13(19)18-15)9-11-4-3-5-12(16)14(11)17/h3-5,10H,6-9H2,1-2H3,(H,18,19). The molecule has 1 saturated heterocycles. The van der Waals surface area contributed by atoms with Crippen LogP contribution in [0, 0.1) is 5.92 Å². The number of hydrogen-bond donors (Lipinski definition) is 1. The third-order valence-corrected chi connectivity index (χ3v) is 4.45. The molecule has 0 aromatic heterocycles. The van der Waals surface area contributed by atoms with E-state index in [0.717, 1.165) is 24.8 Å². The summed E-state index contributed by atoms with van der Waals surface area (Å²) in [6, 6.07) is 5.68. The molecule has 0 radical (unpaired) electrons. The predicted octanol–water partition coefficient (Wildman–Crippen LogP) is 4.23. The van der Waals surface area contributed by atoms with Gasteiger partial charge in [0.1, 0.15) is 0 Å². The van der Waals surface area contributed by atoms with Crippen LogP contribution < -0.4 is 5.32 Å². The first kappa shape index (κ1) is 14.7. The van der Waals surface area contributed by atoms with Gasteiger partial charge in [0.05, 0.1) is 10.0 Å². The van der Waals surface area contributed by atoms with E-state index in [1.807, 2.05) is 12.1 Å². The second-order valence-corrected chi connectivity index (χ2v) is 6.60. The Kier molecular flexibility index (Phi) is 4.42. The lowest BCUT2D eigenvalue weighted by Crippen LogP contribution is -2.44. The minimum Gasteiger partial charge on any atom is -0.350 e. The quantitative estimate of drug-likeness (QED) is 0.885. The second kappa shape index (κ2) is 5.72. The fourth-order valence-electron chi connectivity index (χ4n) is 2.96. The molecule has 4 heteroatoms. The van der Waals surface area contributed by atoms with Crippen LogP contribution in [-0.4, -0.2) is 11.4 Å². The molecule has 0 saturated carbocycles. The number of nitrogens with one attached hydrogen (secondary N) is 1. The highest BCUT2D eigenvalue weighted by molar-refractivity contribution is 6.42. The lowest BCUT2D eigenvalue weighted by Gasteiger charge is -2.31. The highest BCUT2D eigenvalue weighted by Crippen LogP contribution is 2.35. The fraction of sp³-hybridized carbons (Fsp3) is 0.533. The lowest BCUT2D eigenvalue weighted by molar-refractivity contribution is -0.119. The van der Waals surface area contributed by atoms with Gasteiger partial charge in [0.15, 0.2) is 0 Å².